The molecule has 5 aromatic heterocycles. The highest BCUT2D eigenvalue weighted by molar-refractivity contribution is 5.76. The number of benzene rings is 1. The minimum Gasteiger partial charge on any atom is -0.263 e. The molecular formula is C35H21N5. The fourth-order valence-corrected chi connectivity index (χ4v) is 4.09. The zero-order valence-electron chi connectivity index (χ0n) is 21.4. The second-order valence-corrected chi connectivity index (χ2v) is 8.84. The maximum atomic E-state index is 4.90. The van der Waals surface area contributed by atoms with Gasteiger partial charge in [-0.25, -0.2) is 4.98 Å². The van der Waals surface area contributed by atoms with Crippen LogP contribution in [0.15, 0.2) is 128 Å². The summed E-state index contributed by atoms with van der Waals surface area (Å²) in [5.41, 5.74) is 8.37. The summed E-state index contributed by atoms with van der Waals surface area (Å²) in [5.74, 6) is 13.0. The smallest absolute Gasteiger partial charge is 0.0900 e. The summed E-state index contributed by atoms with van der Waals surface area (Å²) in [6.07, 6.45) is 10.5. The molecule has 6 rings (SSSR count). The van der Waals surface area contributed by atoms with E-state index in [0.29, 0.717) is 0 Å². The van der Waals surface area contributed by atoms with E-state index in [4.69, 9.17) is 4.98 Å². The summed E-state index contributed by atoms with van der Waals surface area (Å²) in [6.45, 7) is 0. The fraction of sp³-hybridized carbons (Fsp3) is 0. The lowest BCUT2D eigenvalue weighted by atomic mass is 9.98. The maximum Gasteiger partial charge on any atom is 0.0900 e. The van der Waals surface area contributed by atoms with Crippen molar-refractivity contribution >= 4 is 0 Å². The first kappa shape index (κ1) is 24.4. The van der Waals surface area contributed by atoms with E-state index in [1.165, 1.54) is 0 Å². The minimum atomic E-state index is 0.758. The molecule has 0 aliphatic rings. The minimum absolute atomic E-state index is 0.758. The lowest BCUT2D eigenvalue weighted by molar-refractivity contribution is 1.22. The number of rotatable bonds is 3. The van der Waals surface area contributed by atoms with Gasteiger partial charge < -0.3 is 0 Å². The highest BCUT2D eigenvalue weighted by Crippen LogP contribution is 2.30. The van der Waals surface area contributed by atoms with E-state index in [9.17, 15) is 0 Å². The van der Waals surface area contributed by atoms with Gasteiger partial charge in [0.15, 0.2) is 0 Å². The normalized spacial score (nSPS) is 10.1. The summed E-state index contributed by atoms with van der Waals surface area (Å²) in [4.78, 5) is 22.3. The van der Waals surface area contributed by atoms with Crippen molar-refractivity contribution in [3.05, 3.63) is 150 Å². The van der Waals surface area contributed by atoms with Crippen molar-refractivity contribution in [3.8, 4) is 57.6 Å². The number of pyridine rings is 5. The van der Waals surface area contributed by atoms with Crippen molar-refractivity contribution in [1.29, 1.82) is 0 Å². The molecule has 0 unspecified atom stereocenters. The van der Waals surface area contributed by atoms with Gasteiger partial charge in [-0.3, -0.25) is 19.9 Å². The van der Waals surface area contributed by atoms with Crippen LogP contribution in [0.5, 0.6) is 0 Å². The second-order valence-electron chi connectivity index (χ2n) is 8.84. The Bertz CT molecular complexity index is 1750. The molecule has 0 aliphatic heterocycles. The van der Waals surface area contributed by atoms with E-state index in [1.54, 1.807) is 37.2 Å². The van der Waals surface area contributed by atoms with Crippen LogP contribution < -0.4 is 0 Å². The zero-order valence-corrected chi connectivity index (χ0v) is 21.4. The molecule has 1 aromatic carbocycles. The van der Waals surface area contributed by atoms with Crippen LogP contribution in [-0.4, -0.2) is 24.9 Å². The molecule has 5 heteroatoms. The monoisotopic (exact) mass is 511 g/mol. The topological polar surface area (TPSA) is 64.5 Å². The van der Waals surface area contributed by atoms with Gasteiger partial charge in [0.25, 0.3) is 0 Å². The van der Waals surface area contributed by atoms with E-state index in [-0.39, 0.29) is 0 Å². The van der Waals surface area contributed by atoms with Crippen molar-refractivity contribution < 1.29 is 0 Å². The van der Waals surface area contributed by atoms with Crippen LogP contribution >= 0.6 is 0 Å². The molecular weight excluding hydrogens is 490 g/mol. The van der Waals surface area contributed by atoms with Gasteiger partial charge in [0, 0.05) is 59.4 Å². The van der Waals surface area contributed by atoms with Crippen molar-refractivity contribution in [2.24, 2.45) is 0 Å². The maximum absolute atomic E-state index is 4.90. The SMILES string of the molecule is C(#Cc1cc(C#Cc2cccnc2)cc(-c2cc(-c3ccccn3)nc(-c3ccccn3)c2)c1)c1cccnc1. The Morgan fingerprint density at radius 1 is 0.400 bits per heavy atom. The highest BCUT2D eigenvalue weighted by Gasteiger charge is 2.11. The van der Waals surface area contributed by atoms with Crippen molar-refractivity contribution in [2.45, 2.75) is 0 Å². The first-order valence-corrected chi connectivity index (χ1v) is 12.6. The van der Waals surface area contributed by atoms with Crippen LogP contribution in [0.2, 0.25) is 0 Å². The Hall–Kier alpha value is -5.91. The first-order valence-electron chi connectivity index (χ1n) is 12.6. The summed E-state index contributed by atoms with van der Waals surface area (Å²) >= 11 is 0. The number of nitrogens with zero attached hydrogens (tertiary/aromatic N) is 5. The van der Waals surface area contributed by atoms with Crippen LogP contribution in [0.1, 0.15) is 22.3 Å². The third-order valence-corrected chi connectivity index (χ3v) is 5.97. The Kier molecular flexibility index (Phi) is 7.11. The molecule has 0 spiro atoms. The molecule has 5 heterocycles. The molecule has 0 aliphatic carbocycles. The Morgan fingerprint density at radius 3 is 1.35 bits per heavy atom. The number of hydrogen-bond donors (Lipinski definition) is 0. The highest BCUT2D eigenvalue weighted by atomic mass is 14.8. The van der Waals surface area contributed by atoms with Crippen molar-refractivity contribution in [3.63, 3.8) is 0 Å². The molecule has 186 valence electrons. The van der Waals surface area contributed by atoms with Gasteiger partial charge in [-0.1, -0.05) is 35.8 Å². The average molecular weight is 512 g/mol. The Morgan fingerprint density at radius 2 is 0.900 bits per heavy atom. The summed E-state index contributed by atoms with van der Waals surface area (Å²) < 4.78 is 0. The molecule has 0 fully saturated rings. The van der Waals surface area contributed by atoms with E-state index in [0.717, 1.165) is 56.2 Å². The molecule has 0 radical (unpaired) electrons. The summed E-state index contributed by atoms with van der Waals surface area (Å²) in [6, 6.07) is 29.5. The van der Waals surface area contributed by atoms with Gasteiger partial charge in [-0.15, -0.1) is 0 Å². The zero-order chi connectivity index (χ0) is 27.0. The Labute approximate surface area is 232 Å². The lowest BCUT2D eigenvalue weighted by Crippen LogP contribution is -1.94. The molecule has 40 heavy (non-hydrogen) atoms. The third-order valence-electron chi connectivity index (χ3n) is 5.97. The lowest BCUT2D eigenvalue weighted by Gasteiger charge is -2.10. The molecule has 0 atom stereocenters. The van der Waals surface area contributed by atoms with Crippen LogP contribution in [0.4, 0.5) is 0 Å². The van der Waals surface area contributed by atoms with Gasteiger partial charge in [-0.05, 0) is 90.0 Å². The summed E-state index contributed by atoms with van der Waals surface area (Å²) in [7, 11) is 0. The number of aromatic nitrogens is 5. The molecule has 0 saturated carbocycles. The predicted molar refractivity (Wildman–Crippen MR) is 157 cm³/mol. The van der Waals surface area contributed by atoms with E-state index >= 15 is 0 Å². The van der Waals surface area contributed by atoms with Gasteiger partial charge in [-0.2, -0.15) is 0 Å². The van der Waals surface area contributed by atoms with Gasteiger partial charge >= 0.3 is 0 Å². The average Bonchev–Trinajstić information content (AvgIpc) is 3.04. The predicted octanol–water partition coefficient (Wildman–Crippen LogP) is 6.46. The largest absolute Gasteiger partial charge is 0.263 e. The quantitative estimate of drug-likeness (QED) is 0.255. The third kappa shape index (κ3) is 5.97. The van der Waals surface area contributed by atoms with Gasteiger partial charge in [0.05, 0.1) is 22.8 Å². The second kappa shape index (κ2) is 11.6. The molecule has 0 saturated heterocycles. The van der Waals surface area contributed by atoms with E-state index < -0.39 is 0 Å². The molecule has 0 N–H and O–H groups in total. The number of hydrogen-bond acceptors (Lipinski definition) is 5. The molecule has 0 amide bonds. The molecule has 6 aromatic rings. The van der Waals surface area contributed by atoms with Gasteiger partial charge in [0.2, 0.25) is 0 Å². The molecule has 5 nitrogen and oxygen atoms in total. The van der Waals surface area contributed by atoms with Crippen LogP contribution in [0, 0.1) is 23.7 Å². The van der Waals surface area contributed by atoms with Crippen molar-refractivity contribution in [1.82, 2.24) is 24.9 Å². The first-order chi connectivity index (χ1) is 19.8. The summed E-state index contributed by atoms with van der Waals surface area (Å²) in [5, 5.41) is 0. The van der Waals surface area contributed by atoms with Gasteiger partial charge in [0.1, 0.15) is 0 Å². The van der Waals surface area contributed by atoms with E-state index in [2.05, 4.69) is 55.8 Å². The van der Waals surface area contributed by atoms with E-state index in [1.807, 2.05) is 78.9 Å². The van der Waals surface area contributed by atoms with Crippen molar-refractivity contribution in [2.75, 3.05) is 0 Å². The van der Waals surface area contributed by atoms with Crippen LogP contribution in [-0.2, 0) is 0 Å². The Balaban J connectivity index is 1.51. The van der Waals surface area contributed by atoms with Crippen LogP contribution in [0.3, 0.4) is 0 Å². The fourth-order valence-electron chi connectivity index (χ4n) is 4.09. The van der Waals surface area contributed by atoms with Crippen LogP contribution in [0.25, 0.3) is 33.9 Å². The molecule has 0 bridgehead atoms. The standard InChI is InChI=1S/C35H21N5/c1-3-17-38-32(9-1)34-22-31(23-35(40-34)33-10-2-4-18-39-33)30-20-28(13-11-26-7-5-15-36-24-26)19-29(21-30)14-12-27-8-6-16-37-25-27/h1-10,15-25H.